The summed E-state index contributed by atoms with van der Waals surface area (Å²) in [5, 5.41) is 9.82. The molecular formula is C17H24FNO. The summed E-state index contributed by atoms with van der Waals surface area (Å²) < 4.78 is 14.3. The van der Waals surface area contributed by atoms with Crippen LogP contribution in [-0.2, 0) is 11.8 Å². The predicted molar refractivity (Wildman–Crippen MR) is 78.3 cm³/mol. The van der Waals surface area contributed by atoms with E-state index >= 15 is 0 Å². The first-order valence-corrected chi connectivity index (χ1v) is 7.86. The number of phenolic OH excluding ortho intramolecular Hbond substituents is 1. The molecule has 3 unspecified atom stereocenters. The monoisotopic (exact) mass is 277 g/mol. The Morgan fingerprint density at radius 3 is 2.95 bits per heavy atom. The molecule has 3 heteroatoms. The van der Waals surface area contributed by atoms with Crippen LogP contribution in [0.2, 0.25) is 0 Å². The molecule has 1 saturated carbocycles. The maximum Gasteiger partial charge on any atom is 0.130 e. The summed E-state index contributed by atoms with van der Waals surface area (Å²) in [4.78, 5) is 0. The Kier molecular flexibility index (Phi) is 3.49. The van der Waals surface area contributed by atoms with E-state index in [2.05, 4.69) is 6.92 Å². The molecule has 0 saturated heterocycles. The van der Waals surface area contributed by atoms with E-state index in [4.69, 9.17) is 5.73 Å². The minimum absolute atomic E-state index is 0.0339. The van der Waals surface area contributed by atoms with E-state index in [1.807, 2.05) is 0 Å². The number of nitrogens with two attached hydrogens (primary N) is 1. The lowest BCUT2D eigenvalue weighted by Crippen LogP contribution is -2.53. The van der Waals surface area contributed by atoms with Gasteiger partial charge in [-0.15, -0.1) is 0 Å². The van der Waals surface area contributed by atoms with Crippen molar-refractivity contribution in [2.75, 3.05) is 0 Å². The van der Waals surface area contributed by atoms with Gasteiger partial charge in [-0.1, -0.05) is 26.2 Å². The van der Waals surface area contributed by atoms with Crippen LogP contribution in [0.3, 0.4) is 0 Å². The third-order valence-electron chi connectivity index (χ3n) is 5.47. The number of hydrogen-bond donors (Lipinski definition) is 2. The predicted octanol–water partition coefficient (Wildman–Crippen LogP) is 3.64. The van der Waals surface area contributed by atoms with Gasteiger partial charge in [-0.2, -0.15) is 0 Å². The highest BCUT2D eigenvalue weighted by Gasteiger charge is 2.47. The molecule has 0 aliphatic heterocycles. The van der Waals surface area contributed by atoms with Crippen LogP contribution >= 0.6 is 0 Å². The Balaban J connectivity index is 2.21. The normalized spacial score (nSPS) is 32.5. The molecule has 2 nitrogen and oxygen atoms in total. The number of benzene rings is 1. The topological polar surface area (TPSA) is 46.2 Å². The van der Waals surface area contributed by atoms with Gasteiger partial charge in [-0.05, 0) is 48.8 Å². The molecule has 3 atom stereocenters. The summed E-state index contributed by atoms with van der Waals surface area (Å²) in [5.41, 5.74) is 8.28. The van der Waals surface area contributed by atoms with Gasteiger partial charge in [0.05, 0.1) is 0 Å². The second kappa shape index (κ2) is 5.03. The zero-order chi connectivity index (χ0) is 14.3. The molecule has 2 aliphatic carbocycles. The molecule has 2 aliphatic rings. The van der Waals surface area contributed by atoms with Crippen LogP contribution in [0.5, 0.6) is 5.75 Å². The molecule has 0 aromatic heterocycles. The Morgan fingerprint density at radius 1 is 1.40 bits per heavy atom. The van der Waals surface area contributed by atoms with Crippen LogP contribution in [0.1, 0.15) is 56.6 Å². The number of aromatic hydroxyl groups is 1. The highest BCUT2D eigenvalue weighted by atomic mass is 19.1. The van der Waals surface area contributed by atoms with Crippen molar-refractivity contribution in [1.82, 2.24) is 0 Å². The van der Waals surface area contributed by atoms with Gasteiger partial charge in [0, 0.05) is 17.5 Å². The first kappa shape index (κ1) is 13.9. The highest BCUT2D eigenvalue weighted by molar-refractivity contribution is 5.45. The van der Waals surface area contributed by atoms with Crippen molar-refractivity contribution in [3.8, 4) is 5.75 Å². The molecule has 0 radical (unpaired) electrons. The van der Waals surface area contributed by atoms with Gasteiger partial charge < -0.3 is 10.8 Å². The molecule has 0 spiro atoms. The Morgan fingerprint density at radius 2 is 2.20 bits per heavy atom. The number of hydrogen-bond acceptors (Lipinski definition) is 2. The van der Waals surface area contributed by atoms with E-state index in [-0.39, 0.29) is 23.0 Å². The Labute approximate surface area is 120 Å². The molecule has 2 bridgehead atoms. The lowest BCUT2D eigenvalue weighted by Gasteiger charge is -2.47. The average molecular weight is 277 g/mol. The fourth-order valence-corrected chi connectivity index (χ4v) is 4.60. The molecule has 3 N–H and O–H groups in total. The zero-order valence-electron chi connectivity index (χ0n) is 12.2. The summed E-state index contributed by atoms with van der Waals surface area (Å²) >= 11 is 0. The van der Waals surface area contributed by atoms with Crippen molar-refractivity contribution < 1.29 is 9.50 Å². The van der Waals surface area contributed by atoms with Crippen molar-refractivity contribution in [3.63, 3.8) is 0 Å². The van der Waals surface area contributed by atoms with E-state index in [0.717, 1.165) is 49.7 Å². The van der Waals surface area contributed by atoms with Crippen LogP contribution in [-0.4, -0.2) is 11.1 Å². The standard InChI is InChI=1S/C17H24FNO/c1-2-6-17-7-4-3-5-11(16(17)19)8-13-14(17)9-12(20)10-15(13)18/h9-11,16,20H,2-8,19H2,1H3. The first-order valence-electron chi connectivity index (χ1n) is 7.86. The van der Waals surface area contributed by atoms with Crippen molar-refractivity contribution in [2.45, 2.75) is 63.3 Å². The van der Waals surface area contributed by atoms with Gasteiger partial charge in [0.2, 0.25) is 0 Å². The fraction of sp³-hybridized carbons (Fsp3) is 0.647. The molecule has 1 aromatic rings. The van der Waals surface area contributed by atoms with Gasteiger partial charge in [0.25, 0.3) is 0 Å². The van der Waals surface area contributed by atoms with Crippen LogP contribution in [0.25, 0.3) is 0 Å². The average Bonchev–Trinajstić information content (AvgIpc) is 2.50. The van der Waals surface area contributed by atoms with E-state index in [1.54, 1.807) is 6.07 Å². The van der Waals surface area contributed by atoms with Gasteiger partial charge >= 0.3 is 0 Å². The third kappa shape index (κ3) is 1.95. The van der Waals surface area contributed by atoms with Gasteiger partial charge in [0.1, 0.15) is 11.6 Å². The maximum atomic E-state index is 14.3. The van der Waals surface area contributed by atoms with Gasteiger partial charge in [-0.25, -0.2) is 4.39 Å². The Hall–Kier alpha value is -1.09. The molecule has 1 fully saturated rings. The molecular weight excluding hydrogens is 253 g/mol. The number of halogens is 1. The lowest BCUT2D eigenvalue weighted by molar-refractivity contribution is 0.215. The summed E-state index contributed by atoms with van der Waals surface area (Å²) in [5.74, 6) is 0.168. The summed E-state index contributed by atoms with van der Waals surface area (Å²) in [6.45, 7) is 2.16. The van der Waals surface area contributed by atoms with E-state index < -0.39 is 0 Å². The summed E-state index contributed by atoms with van der Waals surface area (Å²) in [6, 6.07) is 3.12. The largest absolute Gasteiger partial charge is 0.508 e. The molecule has 110 valence electrons. The quantitative estimate of drug-likeness (QED) is 0.867. The minimum Gasteiger partial charge on any atom is -0.508 e. The summed E-state index contributed by atoms with van der Waals surface area (Å²) in [7, 11) is 0. The fourth-order valence-electron chi connectivity index (χ4n) is 4.60. The van der Waals surface area contributed by atoms with E-state index in [9.17, 15) is 9.50 Å². The smallest absolute Gasteiger partial charge is 0.130 e. The molecule has 0 amide bonds. The summed E-state index contributed by atoms with van der Waals surface area (Å²) in [6.07, 6.45) is 7.22. The van der Waals surface area contributed by atoms with Crippen LogP contribution < -0.4 is 5.73 Å². The minimum atomic E-state index is -0.251. The van der Waals surface area contributed by atoms with Crippen molar-refractivity contribution in [1.29, 1.82) is 0 Å². The van der Waals surface area contributed by atoms with Gasteiger partial charge in [-0.3, -0.25) is 0 Å². The lowest BCUT2D eigenvalue weighted by atomic mass is 9.60. The number of fused-ring (bicyclic) bond motifs is 4. The van der Waals surface area contributed by atoms with Gasteiger partial charge in [0.15, 0.2) is 0 Å². The van der Waals surface area contributed by atoms with E-state index in [0.29, 0.717) is 5.92 Å². The van der Waals surface area contributed by atoms with Crippen molar-refractivity contribution in [3.05, 3.63) is 29.1 Å². The van der Waals surface area contributed by atoms with Crippen LogP contribution in [0, 0.1) is 11.7 Å². The molecule has 3 rings (SSSR count). The second-order valence-corrected chi connectivity index (χ2v) is 6.60. The van der Waals surface area contributed by atoms with Crippen molar-refractivity contribution >= 4 is 0 Å². The van der Waals surface area contributed by atoms with Crippen molar-refractivity contribution in [2.24, 2.45) is 11.7 Å². The second-order valence-electron chi connectivity index (χ2n) is 6.60. The SMILES string of the molecule is CCCC12CCCCC(Cc3c(F)cc(O)cc31)C2N. The zero-order valence-corrected chi connectivity index (χ0v) is 12.2. The van der Waals surface area contributed by atoms with E-state index in [1.165, 1.54) is 12.5 Å². The highest BCUT2D eigenvalue weighted by Crippen LogP contribution is 2.50. The van der Waals surface area contributed by atoms with Crippen LogP contribution in [0.15, 0.2) is 12.1 Å². The maximum absolute atomic E-state index is 14.3. The first-order chi connectivity index (χ1) is 9.58. The number of phenols is 1. The Bertz CT molecular complexity index is 516. The van der Waals surface area contributed by atoms with Crippen LogP contribution in [0.4, 0.5) is 4.39 Å². The molecule has 0 heterocycles. The molecule has 1 aromatic carbocycles. The third-order valence-corrected chi connectivity index (χ3v) is 5.47. The number of rotatable bonds is 2. The molecule has 20 heavy (non-hydrogen) atoms.